The third-order valence-corrected chi connectivity index (χ3v) is 1.60. The van der Waals surface area contributed by atoms with E-state index in [0.717, 1.165) is 0 Å². The van der Waals surface area contributed by atoms with E-state index in [2.05, 4.69) is 10.3 Å². The van der Waals surface area contributed by atoms with Crippen molar-refractivity contribution >= 4 is 17.9 Å². The number of halogens is 4. The monoisotopic (exact) mass is 186 g/mol. The van der Waals surface area contributed by atoms with E-state index in [1.165, 1.54) is 6.34 Å². The largest absolute Gasteiger partial charge is 0.392 e. The van der Waals surface area contributed by atoms with Crippen LogP contribution in [0.1, 0.15) is 6.42 Å². The molecule has 64 valence electrons. The zero-order valence-electron chi connectivity index (χ0n) is 5.45. The lowest BCUT2D eigenvalue weighted by Crippen LogP contribution is -2.41. The van der Waals surface area contributed by atoms with Crippen molar-refractivity contribution in [3.63, 3.8) is 0 Å². The maximum Gasteiger partial charge on any atom is 0.392 e. The summed E-state index contributed by atoms with van der Waals surface area (Å²) in [4.78, 5) is 2.11. The minimum absolute atomic E-state index is 0.0337. The molecule has 0 aliphatic carbocycles. The third kappa shape index (κ3) is 2.57. The van der Waals surface area contributed by atoms with Gasteiger partial charge in [0.2, 0.25) is 0 Å². The Hall–Kier alpha value is -0.450. The van der Waals surface area contributed by atoms with Gasteiger partial charge in [-0.3, -0.25) is 4.99 Å². The molecule has 1 N–H and O–H groups in total. The van der Waals surface area contributed by atoms with Crippen LogP contribution in [0.3, 0.4) is 0 Å². The fourth-order valence-electron chi connectivity index (χ4n) is 0.822. The summed E-state index contributed by atoms with van der Waals surface area (Å²) >= 11 is 5.50. The van der Waals surface area contributed by atoms with E-state index in [1.807, 2.05) is 0 Å². The van der Waals surface area contributed by atoms with Gasteiger partial charge in [0.25, 0.3) is 0 Å². The molecule has 1 aliphatic rings. The number of nitrogens with one attached hydrogen (secondary N) is 1. The lowest BCUT2D eigenvalue weighted by atomic mass is 10.2. The zero-order chi connectivity index (χ0) is 8.54. The Morgan fingerprint density at radius 2 is 2.27 bits per heavy atom. The Morgan fingerprint density at radius 3 is 2.64 bits per heavy atom. The molecule has 0 spiro atoms. The normalized spacial score (nSPS) is 30.5. The minimum Gasteiger partial charge on any atom is -0.356 e. The van der Waals surface area contributed by atoms with Crippen LogP contribution in [0.25, 0.3) is 0 Å². The van der Waals surface area contributed by atoms with E-state index in [1.54, 1.807) is 0 Å². The van der Waals surface area contributed by atoms with Crippen molar-refractivity contribution in [3.8, 4) is 0 Å². The van der Waals surface area contributed by atoms with Crippen LogP contribution in [-0.4, -0.2) is 24.1 Å². The van der Waals surface area contributed by atoms with Crippen LogP contribution in [-0.2, 0) is 0 Å². The van der Waals surface area contributed by atoms with Crippen molar-refractivity contribution < 1.29 is 13.2 Å². The van der Waals surface area contributed by atoms with Crippen LogP contribution in [0, 0.1) is 0 Å². The summed E-state index contributed by atoms with van der Waals surface area (Å²) in [7, 11) is 0. The van der Waals surface area contributed by atoms with E-state index in [-0.39, 0.29) is 6.54 Å². The average Bonchev–Trinajstić information content (AvgIpc) is 2.09. The summed E-state index contributed by atoms with van der Waals surface area (Å²) in [6.45, 7) is -0.0337. The van der Waals surface area contributed by atoms with Gasteiger partial charge in [-0.25, -0.2) is 0 Å². The number of alkyl halides is 4. The average molecular weight is 187 g/mol. The molecular formula is C5H6ClF3N2. The maximum absolute atomic E-state index is 11.8. The number of nitrogens with zero attached hydrogens (tertiary/aromatic N) is 1. The van der Waals surface area contributed by atoms with Crippen molar-refractivity contribution in [3.05, 3.63) is 0 Å². The highest BCUT2D eigenvalue weighted by molar-refractivity contribution is 6.25. The van der Waals surface area contributed by atoms with Crippen LogP contribution in [0.15, 0.2) is 4.99 Å². The first-order chi connectivity index (χ1) is 4.91. The molecule has 0 aromatic heterocycles. The van der Waals surface area contributed by atoms with Gasteiger partial charge in [-0.2, -0.15) is 13.2 Å². The predicted octanol–water partition coefficient (Wildman–Crippen LogP) is 1.51. The standard InChI is InChI=1S/C5H6ClF3N2/c6-4(1-5(7,8)9)2-10-3-11-4/h3H,1-2H2,(H,10,11). The molecule has 0 amide bonds. The molecule has 0 saturated heterocycles. The Bertz CT molecular complexity index is 169. The first-order valence-electron chi connectivity index (χ1n) is 2.93. The van der Waals surface area contributed by atoms with Crippen molar-refractivity contribution in [2.24, 2.45) is 4.99 Å². The molecule has 0 aromatic carbocycles. The first kappa shape index (κ1) is 8.64. The first-order valence-corrected chi connectivity index (χ1v) is 3.31. The van der Waals surface area contributed by atoms with Crippen LogP contribution < -0.4 is 5.32 Å². The molecule has 0 radical (unpaired) electrons. The lowest BCUT2D eigenvalue weighted by Gasteiger charge is -2.21. The summed E-state index contributed by atoms with van der Waals surface area (Å²) in [6, 6.07) is 0. The fourth-order valence-corrected chi connectivity index (χ4v) is 1.09. The topological polar surface area (TPSA) is 24.4 Å². The summed E-state index contributed by atoms with van der Waals surface area (Å²) in [6.07, 6.45) is -4.12. The second-order valence-electron chi connectivity index (χ2n) is 2.37. The zero-order valence-corrected chi connectivity index (χ0v) is 6.21. The lowest BCUT2D eigenvalue weighted by molar-refractivity contribution is -0.141. The molecule has 6 heteroatoms. The molecule has 1 rings (SSSR count). The maximum atomic E-state index is 11.8. The molecule has 1 aliphatic heterocycles. The highest BCUT2D eigenvalue weighted by atomic mass is 35.5. The Labute approximate surface area is 66.4 Å². The second kappa shape index (κ2) is 2.55. The van der Waals surface area contributed by atoms with E-state index >= 15 is 0 Å². The van der Waals surface area contributed by atoms with Gasteiger partial charge < -0.3 is 5.32 Å². The van der Waals surface area contributed by atoms with Gasteiger partial charge in [0.05, 0.1) is 19.3 Å². The van der Waals surface area contributed by atoms with E-state index in [4.69, 9.17) is 11.6 Å². The van der Waals surface area contributed by atoms with Crippen molar-refractivity contribution in [1.82, 2.24) is 5.32 Å². The summed E-state index contributed by atoms with van der Waals surface area (Å²) in [5.41, 5.74) is 0. The third-order valence-electron chi connectivity index (χ3n) is 1.24. The highest BCUT2D eigenvalue weighted by Gasteiger charge is 2.42. The van der Waals surface area contributed by atoms with E-state index in [0.29, 0.717) is 0 Å². The molecule has 0 bridgehead atoms. The summed E-state index contributed by atoms with van der Waals surface area (Å²) in [5.74, 6) is 0. The van der Waals surface area contributed by atoms with E-state index < -0.39 is 17.6 Å². The van der Waals surface area contributed by atoms with Crippen LogP contribution >= 0.6 is 11.6 Å². The Balaban J connectivity index is 2.48. The molecule has 11 heavy (non-hydrogen) atoms. The van der Waals surface area contributed by atoms with Gasteiger partial charge in [0.15, 0.2) is 0 Å². The van der Waals surface area contributed by atoms with Crippen LogP contribution in [0.5, 0.6) is 0 Å². The SMILES string of the molecule is FC(F)(F)CC1(Cl)CN=CN1. The number of hydrogen-bond acceptors (Lipinski definition) is 2. The second-order valence-corrected chi connectivity index (χ2v) is 3.09. The molecule has 2 nitrogen and oxygen atoms in total. The molecular weight excluding hydrogens is 181 g/mol. The molecule has 1 unspecified atom stereocenters. The smallest absolute Gasteiger partial charge is 0.356 e. The van der Waals surface area contributed by atoms with Gasteiger partial charge in [-0.1, -0.05) is 11.6 Å². The Kier molecular flexibility index (Phi) is 2.00. The fraction of sp³-hybridized carbons (Fsp3) is 0.800. The van der Waals surface area contributed by atoms with Gasteiger partial charge in [-0.15, -0.1) is 0 Å². The van der Waals surface area contributed by atoms with Crippen molar-refractivity contribution in [2.75, 3.05) is 6.54 Å². The van der Waals surface area contributed by atoms with Gasteiger partial charge in [0.1, 0.15) is 5.00 Å². The molecule has 0 fully saturated rings. The molecule has 1 atom stereocenters. The highest BCUT2D eigenvalue weighted by Crippen LogP contribution is 2.31. The number of hydrogen-bond donors (Lipinski definition) is 1. The van der Waals surface area contributed by atoms with Crippen molar-refractivity contribution in [1.29, 1.82) is 0 Å². The van der Waals surface area contributed by atoms with Crippen molar-refractivity contribution in [2.45, 2.75) is 17.6 Å². The molecule has 1 heterocycles. The summed E-state index contributed by atoms with van der Waals surface area (Å²) in [5, 5.41) is 2.34. The molecule has 0 saturated carbocycles. The number of aliphatic imine (C=N–C) groups is 1. The van der Waals surface area contributed by atoms with Gasteiger partial charge in [-0.05, 0) is 0 Å². The quantitative estimate of drug-likeness (QED) is 0.487. The predicted molar refractivity (Wildman–Crippen MR) is 35.8 cm³/mol. The minimum atomic E-state index is -4.25. The number of rotatable bonds is 1. The molecule has 0 aromatic rings. The summed E-state index contributed by atoms with van der Waals surface area (Å²) < 4.78 is 35.3. The van der Waals surface area contributed by atoms with Crippen LogP contribution in [0.2, 0.25) is 0 Å². The van der Waals surface area contributed by atoms with Crippen LogP contribution in [0.4, 0.5) is 13.2 Å². The van der Waals surface area contributed by atoms with Gasteiger partial charge in [0, 0.05) is 0 Å². The Morgan fingerprint density at radius 1 is 1.64 bits per heavy atom. The van der Waals surface area contributed by atoms with Gasteiger partial charge >= 0.3 is 6.18 Å². The van der Waals surface area contributed by atoms with E-state index in [9.17, 15) is 13.2 Å².